The van der Waals surface area contributed by atoms with Gasteiger partial charge in [0.05, 0.1) is 5.69 Å². The van der Waals surface area contributed by atoms with Gasteiger partial charge in [0.1, 0.15) is 4.88 Å². The van der Waals surface area contributed by atoms with Crippen molar-refractivity contribution in [1.82, 2.24) is 10.6 Å². The molecule has 1 fully saturated rings. The van der Waals surface area contributed by atoms with Crippen LogP contribution in [0.1, 0.15) is 28.9 Å². The normalized spacial score (nSPS) is 14.1. The second kappa shape index (κ2) is 5.73. The van der Waals surface area contributed by atoms with E-state index in [0.29, 0.717) is 29.6 Å². The maximum Gasteiger partial charge on any atom is 0.263 e. The Kier molecular flexibility index (Phi) is 3.79. The molecule has 1 saturated carbocycles. The monoisotopic (exact) mass is 303 g/mol. The number of nitrogens with one attached hydrogen (secondary N) is 2. The number of amides is 2. The van der Waals surface area contributed by atoms with Gasteiger partial charge in [-0.05, 0) is 18.9 Å². The summed E-state index contributed by atoms with van der Waals surface area (Å²) in [6, 6.07) is 8.01. The van der Waals surface area contributed by atoms with Crippen molar-refractivity contribution in [2.45, 2.75) is 25.3 Å². The third-order valence-electron chi connectivity index (χ3n) is 3.42. The number of rotatable bonds is 5. The second-order valence-corrected chi connectivity index (χ2v) is 6.24. The van der Waals surface area contributed by atoms with Crippen LogP contribution in [0.15, 0.2) is 24.3 Å². The fourth-order valence-corrected chi connectivity index (χ4v) is 3.17. The van der Waals surface area contributed by atoms with E-state index in [0.717, 1.165) is 22.9 Å². The number of carbonyl (C=O) groups excluding carboxylic acids is 2. The summed E-state index contributed by atoms with van der Waals surface area (Å²) in [5, 5.41) is 6.55. The maximum absolute atomic E-state index is 12.1. The van der Waals surface area contributed by atoms with Gasteiger partial charge in [-0.3, -0.25) is 9.59 Å². The van der Waals surface area contributed by atoms with Gasteiger partial charge in [0.2, 0.25) is 5.91 Å². The Bertz CT molecular complexity index is 691. The minimum absolute atomic E-state index is 0.0119. The number of anilines is 1. The molecule has 6 heteroatoms. The first kappa shape index (κ1) is 13.9. The van der Waals surface area contributed by atoms with Gasteiger partial charge in [0.25, 0.3) is 5.91 Å². The van der Waals surface area contributed by atoms with E-state index in [4.69, 9.17) is 5.73 Å². The van der Waals surface area contributed by atoms with E-state index in [-0.39, 0.29) is 11.8 Å². The summed E-state index contributed by atoms with van der Waals surface area (Å²) in [7, 11) is 0. The zero-order valence-electron chi connectivity index (χ0n) is 11.5. The zero-order valence-corrected chi connectivity index (χ0v) is 12.3. The molecule has 1 heterocycles. The zero-order chi connectivity index (χ0) is 14.8. The van der Waals surface area contributed by atoms with Crippen molar-refractivity contribution >= 4 is 38.9 Å². The lowest BCUT2D eigenvalue weighted by Crippen LogP contribution is -2.31. The lowest BCUT2D eigenvalue weighted by atomic mass is 10.2. The molecule has 21 heavy (non-hydrogen) atoms. The van der Waals surface area contributed by atoms with E-state index in [2.05, 4.69) is 10.6 Å². The highest BCUT2D eigenvalue weighted by molar-refractivity contribution is 7.21. The van der Waals surface area contributed by atoms with Crippen LogP contribution in [0.5, 0.6) is 0 Å². The van der Waals surface area contributed by atoms with E-state index in [1.165, 1.54) is 11.3 Å². The molecule has 5 nitrogen and oxygen atoms in total. The molecule has 0 radical (unpaired) electrons. The van der Waals surface area contributed by atoms with Gasteiger partial charge >= 0.3 is 0 Å². The Hall–Kier alpha value is -2.08. The molecule has 110 valence electrons. The topological polar surface area (TPSA) is 84.2 Å². The van der Waals surface area contributed by atoms with E-state index in [1.54, 1.807) is 0 Å². The van der Waals surface area contributed by atoms with E-state index >= 15 is 0 Å². The van der Waals surface area contributed by atoms with Gasteiger partial charge in [-0.2, -0.15) is 0 Å². The predicted octanol–water partition coefficient (Wildman–Crippen LogP) is 1.88. The average Bonchev–Trinajstić information content (AvgIpc) is 3.21. The number of thiophene rings is 1. The number of hydrogen-bond donors (Lipinski definition) is 3. The minimum Gasteiger partial charge on any atom is -0.397 e. The van der Waals surface area contributed by atoms with Crippen LogP contribution in [-0.2, 0) is 4.79 Å². The molecule has 0 spiro atoms. The number of nitrogen functional groups attached to an aromatic ring is 1. The number of fused-ring (bicyclic) bond motifs is 1. The van der Waals surface area contributed by atoms with Crippen molar-refractivity contribution in [2.24, 2.45) is 0 Å². The SMILES string of the molecule is Nc1c(C(=O)NCCC(=O)NC2CC2)sc2ccccc12. The number of nitrogens with two attached hydrogens (primary N) is 1. The molecule has 1 aromatic heterocycles. The van der Waals surface area contributed by atoms with Crippen LogP contribution in [-0.4, -0.2) is 24.4 Å². The van der Waals surface area contributed by atoms with Crippen LogP contribution >= 0.6 is 11.3 Å². The molecule has 1 aliphatic rings. The lowest BCUT2D eigenvalue weighted by Gasteiger charge is -2.05. The Morgan fingerprint density at radius 3 is 2.76 bits per heavy atom. The fraction of sp³-hybridized carbons (Fsp3) is 0.333. The van der Waals surface area contributed by atoms with E-state index in [1.807, 2.05) is 24.3 Å². The average molecular weight is 303 g/mol. The summed E-state index contributed by atoms with van der Waals surface area (Å²) in [6.45, 7) is 0.324. The van der Waals surface area contributed by atoms with Crippen LogP contribution < -0.4 is 16.4 Å². The summed E-state index contributed by atoms with van der Waals surface area (Å²) >= 11 is 1.37. The van der Waals surface area contributed by atoms with Crippen molar-refractivity contribution in [3.05, 3.63) is 29.1 Å². The van der Waals surface area contributed by atoms with Crippen molar-refractivity contribution in [3.8, 4) is 0 Å². The first-order valence-corrected chi connectivity index (χ1v) is 7.81. The Morgan fingerprint density at radius 1 is 1.29 bits per heavy atom. The molecule has 0 unspecified atom stereocenters. The molecule has 3 rings (SSSR count). The summed E-state index contributed by atoms with van der Waals surface area (Å²) in [6.07, 6.45) is 2.43. The second-order valence-electron chi connectivity index (χ2n) is 5.19. The molecular weight excluding hydrogens is 286 g/mol. The lowest BCUT2D eigenvalue weighted by molar-refractivity contribution is -0.121. The first-order valence-electron chi connectivity index (χ1n) is 6.99. The molecule has 4 N–H and O–H groups in total. The third-order valence-corrected chi connectivity index (χ3v) is 4.61. The molecule has 2 aromatic rings. The highest BCUT2D eigenvalue weighted by Gasteiger charge is 2.23. The first-order chi connectivity index (χ1) is 10.1. The Labute approximate surface area is 126 Å². The molecule has 0 bridgehead atoms. The Morgan fingerprint density at radius 2 is 2.05 bits per heavy atom. The van der Waals surface area contributed by atoms with E-state index < -0.39 is 0 Å². The van der Waals surface area contributed by atoms with Gasteiger partial charge < -0.3 is 16.4 Å². The van der Waals surface area contributed by atoms with Crippen molar-refractivity contribution < 1.29 is 9.59 Å². The standard InChI is InChI=1S/C15H17N3O2S/c16-13-10-3-1-2-4-11(10)21-14(13)15(20)17-8-7-12(19)18-9-5-6-9/h1-4,9H,5-8,16H2,(H,17,20)(H,18,19). The van der Waals surface area contributed by atoms with Crippen LogP contribution in [0.2, 0.25) is 0 Å². The molecular formula is C15H17N3O2S. The molecule has 0 aliphatic heterocycles. The van der Waals surface area contributed by atoms with Crippen LogP contribution in [0, 0.1) is 0 Å². The molecule has 1 aromatic carbocycles. The van der Waals surface area contributed by atoms with Crippen molar-refractivity contribution in [3.63, 3.8) is 0 Å². The third kappa shape index (κ3) is 3.16. The number of carbonyl (C=O) groups is 2. The number of hydrogen-bond acceptors (Lipinski definition) is 4. The summed E-state index contributed by atoms with van der Waals surface area (Å²) in [5.74, 6) is -0.227. The summed E-state index contributed by atoms with van der Waals surface area (Å²) in [4.78, 5) is 24.2. The van der Waals surface area contributed by atoms with Crippen molar-refractivity contribution in [1.29, 1.82) is 0 Å². The quantitative estimate of drug-likeness (QED) is 0.788. The minimum atomic E-state index is -0.215. The van der Waals surface area contributed by atoms with Crippen molar-refractivity contribution in [2.75, 3.05) is 12.3 Å². The molecule has 1 aliphatic carbocycles. The summed E-state index contributed by atoms with van der Waals surface area (Å²) < 4.78 is 0.992. The van der Waals surface area contributed by atoms with Gasteiger partial charge in [-0.25, -0.2) is 0 Å². The van der Waals surface area contributed by atoms with Gasteiger partial charge in [-0.1, -0.05) is 18.2 Å². The van der Waals surface area contributed by atoms with Crippen LogP contribution in [0.4, 0.5) is 5.69 Å². The molecule has 0 saturated heterocycles. The van der Waals surface area contributed by atoms with E-state index in [9.17, 15) is 9.59 Å². The Balaban J connectivity index is 1.58. The number of benzene rings is 1. The molecule has 2 amide bonds. The highest BCUT2D eigenvalue weighted by atomic mass is 32.1. The maximum atomic E-state index is 12.1. The van der Waals surface area contributed by atoms with Gasteiger partial charge in [0.15, 0.2) is 0 Å². The van der Waals surface area contributed by atoms with Crippen LogP contribution in [0.25, 0.3) is 10.1 Å². The molecule has 0 atom stereocenters. The largest absolute Gasteiger partial charge is 0.397 e. The smallest absolute Gasteiger partial charge is 0.263 e. The summed E-state index contributed by atoms with van der Waals surface area (Å²) in [5.41, 5.74) is 6.53. The highest BCUT2D eigenvalue weighted by Crippen LogP contribution is 2.33. The van der Waals surface area contributed by atoms with Gasteiger partial charge in [0, 0.05) is 29.1 Å². The van der Waals surface area contributed by atoms with Crippen LogP contribution in [0.3, 0.4) is 0 Å². The van der Waals surface area contributed by atoms with Gasteiger partial charge in [-0.15, -0.1) is 11.3 Å². The predicted molar refractivity (Wildman–Crippen MR) is 84.4 cm³/mol. The fourth-order valence-electron chi connectivity index (χ4n) is 2.13.